The van der Waals surface area contributed by atoms with E-state index in [4.69, 9.17) is 0 Å². The van der Waals surface area contributed by atoms with E-state index in [9.17, 15) is 9.59 Å². The van der Waals surface area contributed by atoms with Crippen molar-refractivity contribution in [3.8, 4) is 0 Å². The SMILES string of the molecule is CCC(C)CN1C(=O)C(C(C)(C)C)NC(=O)C1C. The Morgan fingerprint density at radius 1 is 1.33 bits per heavy atom. The van der Waals surface area contributed by atoms with Gasteiger partial charge in [-0.05, 0) is 18.3 Å². The summed E-state index contributed by atoms with van der Waals surface area (Å²) in [6.45, 7) is 12.6. The molecule has 0 aromatic heterocycles. The Morgan fingerprint density at radius 3 is 2.33 bits per heavy atom. The third-order valence-electron chi connectivity index (χ3n) is 3.73. The summed E-state index contributed by atoms with van der Waals surface area (Å²) in [5.74, 6) is 0.427. The summed E-state index contributed by atoms with van der Waals surface area (Å²) in [5, 5.41) is 2.85. The second kappa shape index (κ2) is 5.29. The largest absolute Gasteiger partial charge is 0.342 e. The predicted molar refractivity (Wildman–Crippen MR) is 72.0 cm³/mol. The molecule has 0 saturated carbocycles. The van der Waals surface area contributed by atoms with E-state index in [2.05, 4.69) is 19.2 Å². The fraction of sp³-hybridized carbons (Fsp3) is 0.857. The minimum Gasteiger partial charge on any atom is -0.342 e. The molecule has 0 spiro atoms. The van der Waals surface area contributed by atoms with Crippen molar-refractivity contribution in [2.45, 2.75) is 60.0 Å². The highest BCUT2D eigenvalue weighted by Gasteiger charge is 2.43. The summed E-state index contributed by atoms with van der Waals surface area (Å²) in [6, 6.07) is -0.768. The van der Waals surface area contributed by atoms with Crippen LogP contribution in [0.25, 0.3) is 0 Å². The normalized spacial score (nSPS) is 27.1. The van der Waals surface area contributed by atoms with Crippen molar-refractivity contribution < 1.29 is 9.59 Å². The van der Waals surface area contributed by atoms with Crippen LogP contribution in [0.4, 0.5) is 0 Å². The van der Waals surface area contributed by atoms with Crippen LogP contribution in [0, 0.1) is 11.3 Å². The average molecular weight is 254 g/mol. The number of carbonyl (C=O) groups is 2. The average Bonchev–Trinajstić information content (AvgIpc) is 2.27. The van der Waals surface area contributed by atoms with E-state index in [1.165, 1.54) is 0 Å². The predicted octanol–water partition coefficient (Wildman–Crippen LogP) is 1.79. The number of amides is 2. The summed E-state index contributed by atoms with van der Waals surface area (Å²) in [5.41, 5.74) is -0.249. The fourth-order valence-corrected chi connectivity index (χ4v) is 2.12. The van der Waals surface area contributed by atoms with E-state index in [-0.39, 0.29) is 23.3 Å². The van der Waals surface area contributed by atoms with Crippen molar-refractivity contribution >= 4 is 11.8 Å². The van der Waals surface area contributed by atoms with Gasteiger partial charge in [-0.3, -0.25) is 9.59 Å². The summed E-state index contributed by atoms with van der Waals surface area (Å²) in [4.78, 5) is 26.2. The monoisotopic (exact) mass is 254 g/mol. The van der Waals surface area contributed by atoms with E-state index >= 15 is 0 Å². The van der Waals surface area contributed by atoms with Crippen molar-refractivity contribution in [2.75, 3.05) is 6.54 Å². The molecule has 0 aromatic rings. The van der Waals surface area contributed by atoms with Gasteiger partial charge in [0.1, 0.15) is 12.1 Å². The van der Waals surface area contributed by atoms with Gasteiger partial charge in [-0.15, -0.1) is 0 Å². The van der Waals surface area contributed by atoms with Crippen molar-refractivity contribution in [2.24, 2.45) is 11.3 Å². The number of carbonyl (C=O) groups excluding carboxylic acids is 2. The molecule has 3 atom stereocenters. The van der Waals surface area contributed by atoms with Gasteiger partial charge < -0.3 is 10.2 Å². The van der Waals surface area contributed by atoms with Gasteiger partial charge in [-0.2, -0.15) is 0 Å². The molecule has 1 aliphatic heterocycles. The highest BCUT2D eigenvalue weighted by Crippen LogP contribution is 2.25. The maximum absolute atomic E-state index is 12.5. The summed E-state index contributed by atoms with van der Waals surface area (Å²) >= 11 is 0. The van der Waals surface area contributed by atoms with E-state index < -0.39 is 6.04 Å². The molecule has 0 aliphatic carbocycles. The molecule has 1 rings (SSSR count). The first-order valence-corrected chi connectivity index (χ1v) is 6.79. The van der Waals surface area contributed by atoms with Gasteiger partial charge in [0.25, 0.3) is 0 Å². The molecule has 4 heteroatoms. The first-order valence-electron chi connectivity index (χ1n) is 6.79. The van der Waals surface area contributed by atoms with Crippen molar-refractivity contribution in [3.63, 3.8) is 0 Å². The zero-order chi connectivity index (χ0) is 14.1. The molecule has 0 bridgehead atoms. The van der Waals surface area contributed by atoms with Gasteiger partial charge in [0.2, 0.25) is 11.8 Å². The number of piperazine rings is 1. The summed E-state index contributed by atoms with van der Waals surface area (Å²) < 4.78 is 0. The molecule has 1 fully saturated rings. The van der Waals surface area contributed by atoms with Crippen molar-refractivity contribution in [1.82, 2.24) is 10.2 Å². The van der Waals surface area contributed by atoms with Crippen LogP contribution in [0.3, 0.4) is 0 Å². The van der Waals surface area contributed by atoms with Crippen LogP contribution in [0.15, 0.2) is 0 Å². The van der Waals surface area contributed by atoms with Crippen LogP contribution < -0.4 is 5.32 Å². The van der Waals surface area contributed by atoms with Crippen LogP contribution in [-0.4, -0.2) is 35.3 Å². The zero-order valence-corrected chi connectivity index (χ0v) is 12.4. The number of rotatable bonds is 3. The lowest BCUT2D eigenvalue weighted by Gasteiger charge is -2.43. The third kappa shape index (κ3) is 3.03. The third-order valence-corrected chi connectivity index (χ3v) is 3.73. The van der Waals surface area contributed by atoms with Crippen LogP contribution in [0.1, 0.15) is 48.0 Å². The van der Waals surface area contributed by atoms with E-state index in [1.54, 1.807) is 11.8 Å². The van der Waals surface area contributed by atoms with Gasteiger partial charge in [-0.25, -0.2) is 0 Å². The Balaban J connectivity index is 2.93. The first-order chi connectivity index (χ1) is 8.18. The standard InChI is InChI=1S/C14H26N2O2/c1-7-9(2)8-16-10(3)12(17)15-11(13(16)18)14(4,5)6/h9-11H,7-8H2,1-6H3,(H,15,17). The number of hydrogen-bond acceptors (Lipinski definition) is 2. The fourth-order valence-electron chi connectivity index (χ4n) is 2.12. The zero-order valence-electron chi connectivity index (χ0n) is 12.4. The number of nitrogens with zero attached hydrogens (tertiary/aromatic N) is 1. The lowest BCUT2D eigenvalue weighted by atomic mass is 9.83. The maximum Gasteiger partial charge on any atom is 0.246 e. The highest BCUT2D eigenvalue weighted by atomic mass is 16.2. The molecule has 1 N–H and O–H groups in total. The Bertz CT molecular complexity index is 333. The smallest absolute Gasteiger partial charge is 0.246 e. The minimum atomic E-state index is -0.412. The molecule has 3 unspecified atom stereocenters. The van der Waals surface area contributed by atoms with E-state index in [0.29, 0.717) is 12.5 Å². The second-order valence-corrected chi connectivity index (χ2v) is 6.49. The van der Waals surface area contributed by atoms with E-state index in [0.717, 1.165) is 6.42 Å². The molecule has 1 aliphatic rings. The molecule has 1 heterocycles. The lowest BCUT2D eigenvalue weighted by Crippen LogP contribution is -2.66. The van der Waals surface area contributed by atoms with Crippen LogP contribution in [0.5, 0.6) is 0 Å². The molecule has 0 aromatic carbocycles. The Labute approximate surface area is 110 Å². The number of nitrogens with one attached hydrogen (secondary N) is 1. The lowest BCUT2D eigenvalue weighted by molar-refractivity contribution is -0.152. The van der Waals surface area contributed by atoms with Gasteiger partial charge in [-0.1, -0.05) is 41.0 Å². The molecular formula is C14H26N2O2. The molecule has 104 valence electrons. The maximum atomic E-state index is 12.5. The molecule has 18 heavy (non-hydrogen) atoms. The van der Waals surface area contributed by atoms with Crippen LogP contribution in [-0.2, 0) is 9.59 Å². The molecule has 4 nitrogen and oxygen atoms in total. The quantitative estimate of drug-likeness (QED) is 0.835. The topological polar surface area (TPSA) is 49.4 Å². The van der Waals surface area contributed by atoms with Gasteiger partial charge in [0, 0.05) is 6.54 Å². The van der Waals surface area contributed by atoms with Crippen molar-refractivity contribution in [3.05, 3.63) is 0 Å². The highest BCUT2D eigenvalue weighted by molar-refractivity contribution is 5.97. The second-order valence-electron chi connectivity index (χ2n) is 6.49. The van der Waals surface area contributed by atoms with Crippen LogP contribution >= 0.6 is 0 Å². The van der Waals surface area contributed by atoms with Gasteiger partial charge in [0.15, 0.2) is 0 Å². The van der Waals surface area contributed by atoms with E-state index in [1.807, 2.05) is 20.8 Å². The minimum absolute atomic E-state index is 0.0437. The Hall–Kier alpha value is -1.06. The Kier molecular flexibility index (Phi) is 4.41. The van der Waals surface area contributed by atoms with Crippen LogP contribution in [0.2, 0.25) is 0 Å². The van der Waals surface area contributed by atoms with Gasteiger partial charge >= 0.3 is 0 Å². The summed E-state index contributed by atoms with van der Waals surface area (Å²) in [7, 11) is 0. The number of hydrogen-bond donors (Lipinski definition) is 1. The molecular weight excluding hydrogens is 228 g/mol. The summed E-state index contributed by atoms with van der Waals surface area (Å²) in [6.07, 6.45) is 1.01. The molecule has 2 amide bonds. The van der Waals surface area contributed by atoms with Crippen molar-refractivity contribution in [1.29, 1.82) is 0 Å². The Morgan fingerprint density at radius 2 is 1.89 bits per heavy atom. The molecule has 1 saturated heterocycles. The van der Waals surface area contributed by atoms with Gasteiger partial charge in [0.05, 0.1) is 0 Å². The first kappa shape index (κ1) is 15.0. The molecule has 0 radical (unpaired) electrons.